The number of piperidine rings is 1. The van der Waals surface area contributed by atoms with Crippen molar-refractivity contribution in [3.8, 4) is 0 Å². The predicted molar refractivity (Wildman–Crippen MR) is 63.5 cm³/mol. The van der Waals surface area contributed by atoms with E-state index < -0.39 is 0 Å². The summed E-state index contributed by atoms with van der Waals surface area (Å²) >= 11 is 1.58. The third kappa shape index (κ3) is 2.83. The summed E-state index contributed by atoms with van der Waals surface area (Å²) in [4.78, 5) is 11.1. The van der Waals surface area contributed by atoms with E-state index in [4.69, 9.17) is 0 Å². The van der Waals surface area contributed by atoms with Crippen molar-refractivity contribution in [1.82, 2.24) is 5.32 Å². The fourth-order valence-corrected chi connectivity index (χ4v) is 2.93. The molecule has 1 aromatic rings. The first-order chi connectivity index (χ1) is 7.79. The molecule has 0 unspecified atom stereocenters. The number of hydrogen-bond acceptors (Lipinski definition) is 3. The summed E-state index contributed by atoms with van der Waals surface area (Å²) in [5, 5.41) is 3.76. The molecule has 1 saturated heterocycles. The van der Waals surface area contributed by atoms with E-state index in [1.54, 1.807) is 23.9 Å². The first-order valence-electron chi connectivity index (χ1n) is 5.41. The highest BCUT2D eigenvalue weighted by atomic mass is 32.2. The first-order valence-corrected chi connectivity index (χ1v) is 6.29. The molecule has 0 spiro atoms. The molecule has 0 saturated carbocycles. The molecular formula is C12H14FNOS. The van der Waals surface area contributed by atoms with Crippen LogP contribution in [0.15, 0.2) is 23.1 Å². The maximum Gasteiger partial charge on any atom is 0.150 e. The fraction of sp³-hybridized carbons (Fsp3) is 0.417. The summed E-state index contributed by atoms with van der Waals surface area (Å²) in [6, 6.07) is 4.67. The third-order valence-electron chi connectivity index (χ3n) is 2.67. The molecule has 0 amide bonds. The monoisotopic (exact) mass is 239 g/mol. The summed E-state index contributed by atoms with van der Waals surface area (Å²) in [5.74, 6) is -0.284. The molecule has 1 N–H and O–H groups in total. The molecule has 2 rings (SSSR count). The second-order valence-electron chi connectivity index (χ2n) is 3.87. The summed E-state index contributed by atoms with van der Waals surface area (Å²) in [6.07, 6.45) is 2.81. The van der Waals surface area contributed by atoms with E-state index in [1.807, 2.05) is 0 Å². The molecule has 1 aromatic carbocycles. The van der Waals surface area contributed by atoms with Crippen LogP contribution < -0.4 is 5.32 Å². The number of halogens is 1. The Balaban J connectivity index is 2.05. The minimum atomic E-state index is -0.284. The lowest BCUT2D eigenvalue weighted by molar-refractivity contribution is 0.112. The Morgan fingerprint density at radius 2 is 2.12 bits per heavy atom. The largest absolute Gasteiger partial charge is 0.317 e. The van der Waals surface area contributed by atoms with Gasteiger partial charge in [0.2, 0.25) is 0 Å². The Morgan fingerprint density at radius 1 is 1.38 bits per heavy atom. The van der Waals surface area contributed by atoms with Gasteiger partial charge in [-0.3, -0.25) is 4.79 Å². The Bertz CT molecular complexity index is 377. The Labute approximate surface area is 98.6 Å². The smallest absolute Gasteiger partial charge is 0.150 e. The molecule has 1 heterocycles. The van der Waals surface area contributed by atoms with E-state index in [2.05, 4.69) is 5.32 Å². The summed E-state index contributed by atoms with van der Waals surface area (Å²) in [7, 11) is 0. The molecule has 1 fully saturated rings. The molecule has 0 radical (unpaired) electrons. The molecule has 0 bridgehead atoms. The van der Waals surface area contributed by atoms with Gasteiger partial charge in [0.25, 0.3) is 0 Å². The lowest BCUT2D eigenvalue weighted by Gasteiger charge is -2.22. The fourth-order valence-electron chi connectivity index (χ4n) is 1.78. The maximum atomic E-state index is 13.6. The summed E-state index contributed by atoms with van der Waals surface area (Å²) < 4.78 is 13.6. The van der Waals surface area contributed by atoms with Crippen LogP contribution in [-0.4, -0.2) is 24.6 Å². The average Bonchev–Trinajstić information content (AvgIpc) is 2.33. The molecule has 4 heteroatoms. The summed E-state index contributed by atoms with van der Waals surface area (Å²) in [5.41, 5.74) is 0.396. The van der Waals surface area contributed by atoms with Crippen LogP contribution in [0.5, 0.6) is 0 Å². The number of benzene rings is 1. The first kappa shape index (κ1) is 11.6. The van der Waals surface area contributed by atoms with Crippen molar-refractivity contribution >= 4 is 18.0 Å². The molecule has 16 heavy (non-hydrogen) atoms. The van der Waals surface area contributed by atoms with E-state index in [9.17, 15) is 9.18 Å². The zero-order valence-electron chi connectivity index (χ0n) is 8.91. The number of thioether (sulfide) groups is 1. The Hall–Kier alpha value is -0.870. The molecule has 1 aliphatic heterocycles. The zero-order valence-corrected chi connectivity index (χ0v) is 9.73. The number of hydrogen-bond donors (Lipinski definition) is 1. The Morgan fingerprint density at radius 3 is 2.75 bits per heavy atom. The highest BCUT2D eigenvalue weighted by molar-refractivity contribution is 8.00. The number of nitrogens with one attached hydrogen (secondary N) is 1. The van der Waals surface area contributed by atoms with Crippen LogP contribution in [0.25, 0.3) is 0 Å². The SMILES string of the molecule is O=Cc1ccc(SC2CCNCC2)c(F)c1. The van der Waals surface area contributed by atoms with Crippen molar-refractivity contribution in [2.75, 3.05) is 13.1 Å². The van der Waals surface area contributed by atoms with Gasteiger partial charge in [0.05, 0.1) is 0 Å². The lowest BCUT2D eigenvalue weighted by Crippen LogP contribution is -2.29. The van der Waals surface area contributed by atoms with E-state index in [-0.39, 0.29) is 5.82 Å². The van der Waals surface area contributed by atoms with Crippen molar-refractivity contribution in [1.29, 1.82) is 0 Å². The molecule has 1 aliphatic rings. The van der Waals surface area contributed by atoms with E-state index >= 15 is 0 Å². The van der Waals surface area contributed by atoms with Crippen molar-refractivity contribution < 1.29 is 9.18 Å². The second kappa shape index (κ2) is 5.46. The minimum absolute atomic E-state index is 0.284. The van der Waals surface area contributed by atoms with Gasteiger partial charge in [-0.15, -0.1) is 11.8 Å². The quantitative estimate of drug-likeness (QED) is 0.822. The van der Waals surface area contributed by atoms with Crippen molar-refractivity contribution in [2.45, 2.75) is 23.0 Å². The number of carbonyl (C=O) groups is 1. The molecule has 0 aromatic heterocycles. The van der Waals surface area contributed by atoms with Gasteiger partial charge in [-0.25, -0.2) is 4.39 Å². The predicted octanol–water partition coefficient (Wildman–Crippen LogP) is 2.48. The molecule has 2 nitrogen and oxygen atoms in total. The molecule has 0 aliphatic carbocycles. The molecule has 86 valence electrons. The number of aldehydes is 1. The molecular weight excluding hydrogens is 225 g/mol. The average molecular weight is 239 g/mol. The van der Waals surface area contributed by atoms with Crippen LogP contribution in [0.4, 0.5) is 4.39 Å². The number of carbonyl (C=O) groups excluding carboxylic acids is 1. The normalized spacial score (nSPS) is 17.3. The van der Waals surface area contributed by atoms with Crippen LogP contribution in [0, 0.1) is 5.82 Å². The topological polar surface area (TPSA) is 29.1 Å². The third-order valence-corrected chi connectivity index (χ3v) is 4.06. The standard InChI is InChI=1S/C12H14FNOS/c13-11-7-9(8-15)1-2-12(11)16-10-3-5-14-6-4-10/h1-2,7-8,10,14H,3-6H2. The van der Waals surface area contributed by atoms with Gasteiger partial charge in [-0.1, -0.05) is 6.07 Å². The van der Waals surface area contributed by atoms with Gasteiger partial charge >= 0.3 is 0 Å². The molecule has 0 atom stereocenters. The van der Waals surface area contributed by atoms with Gasteiger partial charge in [0.15, 0.2) is 0 Å². The lowest BCUT2D eigenvalue weighted by atomic mass is 10.2. The van der Waals surface area contributed by atoms with Gasteiger partial charge in [0, 0.05) is 15.7 Å². The zero-order chi connectivity index (χ0) is 11.4. The number of rotatable bonds is 3. The van der Waals surface area contributed by atoms with Crippen molar-refractivity contribution in [2.24, 2.45) is 0 Å². The van der Waals surface area contributed by atoms with Crippen LogP contribution in [-0.2, 0) is 0 Å². The Kier molecular flexibility index (Phi) is 3.96. The highest BCUT2D eigenvalue weighted by Gasteiger charge is 2.16. The van der Waals surface area contributed by atoms with Crippen molar-refractivity contribution in [3.05, 3.63) is 29.6 Å². The van der Waals surface area contributed by atoms with E-state index in [1.165, 1.54) is 6.07 Å². The van der Waals surface area contributed by atoms with Crippen LogP contribution >= 0.6 is 11.8 Å². The second-order valence-corrected chi connectivity index (χ2v) is 5.22. The van der Waals surface area contributed by atoms with Crippen LogP contribution in [0.1, 0.15) is 23.2 Å². The van der Waals surface area contributed by atoms with Gasteiger partial charge in [0.1, 0.15) is 12.1 Å². The van der Waals surface area contributed by atoms with Gasteiger partial charge < -0.3 is 5.32 Å². The van der Waals surface area contributed by atoms with E-state index in [0.29, 0.717) is 22.0 Å². The van der Waals surface area contributed by atoms with Gasteiger partial charge in [-0.2, -0.15) is 0 Å². The highest BCUT2D eigenvalue weighted by Crippen LogP contribution is 2.30. The maximum absolute atomic E-state index is 13.6. The summed E-state index contributed by atoms with van der Waals surface area (Å²) in [6.45, 7) is 2.01. The van der Waals surface area contributed by atoms with Crippen LogP contribution in [0.2, 0.25) is 0 Å². The van der Waals surface area contributed by atoms with Crippen LogP contribution in [0.3, 0.4) is 0 Å². The van der Waals surface area contributed by atoms with Crippen molar-refractivity contribution in [3.63, 3.8) is 0 Å². The van der Waals surface area contributed by atoms with Gasteiger partial charge in [-0.05, 0) is 38.1 Å². The van der Waals surface area contributed by atoms with E-state index in [0.717, 1.165) is 25.9 Å². The minimum Gasteiger partial charge on any atom is -0.317 e.